The molecule has 0 saturated heterocycles. The summed E-state index contributed by atoms with van der Waals surface area (Å²) in [5.74, 6) is 1.97. The molecule has 0 radical (unpaired) electrons. The summed E-state index contributed by atoms with van der Waals surface area (Å²) in [6.07, 6.45) is 7.09. The average Bonchev–Trinajstić information content (AvgIpc) is 3.04. The van der Waals surface area contributed by atoms with E-state index in [0.29, 0.717) is 40.8 Å². The molecular weight excluding hydrogens is 544 g/mol. The molecule has 43 heavy (non-hydrogen) atoms. The topological polar surface area (TPSA) is 95.1 Å². The Morgan fingerprint density at radius 1 is 0.535 bits per heavy atom. The van der Waals surface area contributed by atoms with Gasteiger partial charge in [-0.05, 0) is 89.4 Å². The van der Waals surface area contributed by atoms with Crippen molar-refractivity contribution in [3.63, 3.8) is 0 Å². The first-order chi connectivity index (χ1) is 20.9. The van der Waals surface area contributed by atoms with Crippen molar-refractivity contribution >= 4 is 35.3 Å². The van der Waals surface area contributed by atoms with Crippen molar-refractivity contribution in [2.75, 3.05) is 39.1 Å². The molecule has 2 amide bonds. The fourth-order valence-corrected chi connectivity index (χ4v) is 4.27. The monoisotopic (exact) mass is 578 g/mol. The minimum absolute atomic E-state index is 0.237. The number of hydrogen-bond donors (Lipinski definition) is 2. The zero-order chi connectivity index (χ0) is 30.6. The van der Waals surface area contributed by atoms with Crippen LogP contribution in [0.1, 0.15) is 22.3 Å². The van der Waals surface area contributed by atoms with Gasteiger partial charge in [-0.25, -0.2) is 0 Å². The van der Waals surface area contributed by atoms with Crippen molar-refractivity contribution < 1.29 is 28.5 Å². The van der Waals surface area contributed by atoms with Crippen LogP contribution in [-0.2, 0) is 16.0 Å². The SMILES string of the molecule is COc1ccc(C=CC(=O)Nc2ccc(Cc3ccc(NC(=O)C=Cc4ccc(OC)c(OC)c4)cc3)cc2)cc1OC. The summed E-state index contributed by atoms with van der Waals surface area (Å²) >= 11 is 0. The van der Waals surface area contributed by atoms with Gasteiger partial charge in [0, 0.05) is 23.5 Å². The maximum absolute atomic E-state index is 12.4. The maximum atomic E-state index is 12.4. The van der Waals surface area contributed by atoms with Crippen molar-refractivity contribution in [1.29, 1.82) is 0 Å². The van der Waals surface area contributed by atoms with Crippen LogP contribution in [0.3, 0.4) is 0 Å². The molecule has 0 heterocycles. The minimum atomic E-state index is -0.237. The lowest BCUT2D eigenvalue weighted by Gasteiger charge is -2.08. The molecule has 2 N–H and O–H groups in total. The quantitative estimate of drug-likeness (QED) is 0.184. The third-order valence-corrected chi connectivity index (χ3v) is 6.52. The molecular formula is C35H34N2O6. The van der Waals surface area contributed by atoms with Crippen LogP contribution in [0.2, 0.25) is 0 Å². The number of carbonyl (C=O) groups excluding carboxylic acids is 2. The van der Waals surface area contributed by atoms with Gasteiger partial charge in [0.2, 0.25) is 11.8 Å². The number of rotatable bonds is 12. The number of carbonyl (C=O) groups is 2. The third-order valence-electron chi connectivity index (χ3n) is 6.52. The molecule has 8 nitrogen and oxygen atoms in total. The second kappa shape index (κ2) is 14.9. The molecule has 0 bridgehead atoms. The van der Waals surface area contributed by atoms with Crippen molar-refractivity contribution in [3.8, 4) is 23.0 Å². The molecule has 0 aliphatic carbocycles. The number of benzene rings is 4. The average molecular weight is 579 g/mol. The first kappa shape index (κ1) is 30.5. The van der Waals surface area contributed by atoms with Crippen LogP contribution in [0.15, 0.2) is 97.1 Å². The zero-order valence-corrected chi connectivity index (χ0v) is 24.5. The first-order valence-corrected chi connectivity index (χ1v) is 13.5. The summed E-state index contributed by atoms with van der Waals surface area (Å²) in [5, 5.41) is 5.74. The highest BCUT2D eigenvalue weighted by molar-refractivity contribution is 6.02. The Morgan fingerprint density at radius 2 is 0.907 bits per heavy atom. The van der Waals surface area contributed by atoms with Crippen molar-refractivity contribution in [2.45, 2.75) is 6.42 Å². The minimum Gasteiger partial charge on any atom is -0.493 e. The van der Waals surface area contributed by atoms with E-state index in [1.807, 2.05) is 60.7 Å². The van der Waals surface area contributed by atoms with E-state index in [0.717, 1.165) is 22.3 Å². The molecule has 0 aliphatic heterocycles. The second-order valence-electron chi connectivity index (χ2n) is 9.44. The fraction of sp³-hybridized carbons (Fsp3) is 0.143. The van der Waals surface area contributed by atoms with Gasteiger partial charge >= 0.3 is 0 Å². The summed E-state index contributed by atoms with van der Waals surface area (Å²) in [4.78, 5) is 24.8. The molecule has 4 aromatic carbocycles. The molecule has 0 fully saturated rings. The van der Waals surface area contributed by atoms with Crippen molar-refractivity contribution in [2.24, 2.45) is 0 Å². The van der Waals surface area contributed by atoms with Crippen molar-refractivity contribution in [3.05, 3.63) is 119 Å². The van der Waals surface area contributed by atoms with Crippen LogP contribution in [0.25, 0.3) is 12.2 Å². The summed E-state index contributed by atoms with van der Waals surface area (Å²) in [5.41, 5.74) is 5.22. The van der Waals surface area contributed by atoms with E-state index in [1.165, 1.54) is 12.2 Å². The number of amides is 2. The molecule has 8 heteroatoms. The Hall–Kier alpha value is -5.50. The number of hydrogen-bond acceptors (Lipinski definition) is 6. The van der Waals surface area contributed by atoms with Gasteiger partial charge in [0.25, 0.3) is 0 Å². The van der Waals surface area contributed by atoms with Crippen molar-refractivity contribution in [1.82, 2.24) is 0 Å². The highest BCUT2D eigenvalue weighted by Gasteiger charge is 2.06. The fourth-order valence-electron chi connectivity index (χ4n) is 4.27. The van der Waals surface area contributed by atoms with Gasteiger partial charge < -0.3 is 29.6 Å². The zero-order valence-electron chi connectivity index (χ0n) is 24.5. The predicted molar refractivity (Wildman–Crippen MR) is 170 cm³/mol. The number of methoxy groups -OCH3 is 4. The van der Waals surface area contributed by atoms with Gasteiger partial charge in [0.15, 0.2) is 23.0 Å². The van der Waals surface area contributed by atoms with E-state index in [2.05, 4.69) is 10.6 Å². The van der Waals surface area contributed by atoms with Gasteiger partial charge in [-0.15, -0.1) is 0 Å². The van der Waals surface area contributed by atoms with E-state index < -0.39 is 0 Å². The van der Waals surface area contributed by atoms with Crippen LogP contribution in [0.5, 0.6) is 23.0 Å². The Kier molecular flexibility index (Phi) is 10.6. The predicted octanol–water partition coefficient (Wildman–Crippen LogP) is 6.62. The Balaban J connectivity index is 1.27. The highest BCUT2D eigenvalue weighted by atomic mass is 16.5. The van der Waals surface area contributed by atoms with Gasteiger partial charge in [-0.3, -0.25) is 9.59 Å². The Labute approximate surface area is 251 Å². The molecule has 220 valence electrons. The summed E-state index contributed by atoms with van der Waals surface area (Å²) in [6.45, 7) is 0. The lowest BCUT2D eigenvalue weighted by atomic mass is 10.0. The lowest BCUT2D eigenvalue weighted by molar-refractivity contribution is -0.112. The maximum Gasteiger partial charge on any atom is 0.248 e. The van der Waals surface area contributed by atoms with E-state index >= 15 is 0 Å². The molecule has 4 aromatic rings. The molecule has 0 aromatic heterocycles. The van der Waals surface area contributed by atoms with Crippen LogP contribution in [0.4, 0.5) is 11.4 Å². The number of nitrogens with one attached hydrogen (secondary N) is 2. The van der Waals surface area contributed by atoms with Crippen LogP contribution in [0, 0.1) is 0 Å². The van der Waals surface area contributed by atoms with E-state index in [1.54, 1.807) is 64.9 Å². The van der Waals surface area contributed by atoms with E-state index in [9.17, 15) is 9.59 Å². The van der Waals surface area contributed by atoms with Crippen LogP contribution < -0.4 is 29.6 Å². The molecule has 0 atom stereocenters. The number of anilines is 2. The van der Waals surface area contributed by atoms with Crippen LogP contribution >= 0.6 is 0 Å². The largest absolute Gasteiger partial charge is 0.493 e. The molecule has 0 saturated carbocycles. The second-order valence-corrected chi connectivity index (χ2v) is 9.44. The number of ether oxygens (including phenoxy) is 4. The van der Waals surface area contributed by atoms with Gasteiger partial charge in [-0.2, -0.15) is 0 Å². The molecule has 0 unspecified atom stereocenters. The smallest absolute Gasteiger partial charge is 0.248 e. The van der Waals surface area contributed by atoms with Gasteiger partial charge in [0.05, 0.1) is 28.4 Å². The molecule has 4 rings (SSSR count). The Morgan fingerprint density at radius 3 is 1.26 bits per heavy atom. The van der Waals surface area contributed by atoms with Gasteiger partial charge in [0.1, 0.15) is 0 Å². The first-order valence-electron chi connectivity index (χ1n) is 13.5. The standard InChI is InChI=1S/C35H34N2O6/c1-40-30-17-9-26(22-32(30)42-3)11-19-34(38)36-28-13-5-24(6-14-28)21-25-7-15-29(16-8-25)37-35(39)20-12-27-10-18-31(41-2)33(23-27)43-4/h5-20,22-23H,21H2,1-4H3,(H,36,38)(H,37,39). The normalized spacial score (nSPS) is 10.9. The van der Waals surface area contributed by atoms with E-state index in [-0.39, 0.29) is 11.8 Å². The summed E-state index contributed by atoms with van der Waals surface area (Å²) in [6, 6.07) is 26.3. The highest BCUT2D eigenvalue weighted by Crippen LogP contribution is 2.29. The molecule has 0 aliphatic rings. The summed E-state index contributed by atoms with van der Waals surface area (Å²) in [7, 11) is 6.29. The van der Waals surface area contributed by atoms with Crippen LogP contribution in [-0.4, -0.2) is 40.3 Å². The summed E-state index contributed by atoms with van der Waals surface area (Å²) < 4.78 is 21.1. The Bertz CT molecular complexity index is 1490. The van der Waals surface area contributed by atoms with E-state index in [4.69, 9.17) is 18.9 Å². The van der Waals surface area contributed by atoms with Gasteiger partial charge in [-0.1, -0.05) is 36.4 Å². The molecule has 0 spiro atoms. The third kappa shape index (κ3) is 8.74. The lowest BCUT2D eigenvalue weighted by Crippen LogP contribution is -2.08.